The summed E-state index contributed by atoms with van der Waals surface area (Å²) in [5, 5.41) is 0. The van der Waals surface area contributed by atoms with Crippen molar-refractivity contribution in [1.29, 1.82) is 0 Å². The van der Waals surface area contributed by atoms with E-state index in [9.17, 15) is 9.18 Å². The lowest BCUT2D eigenvalue weighted by Gasteiger charge is -2.36. The highest BCUT2D eigenvalue weighted by atomic mass is 19.1. The molecule has 0 aliphatic carbocycles. The number of carbonyl (C=O) groups is 1. The highest BCUT2D eigenvalue weighted by Gasteiger charge is 2.32. The van der Waals surface area contributed by atoms with Crippen LogP contribution in [-0.4, -0.2) is 44.2 Å². The van der Waals surface area contributed by atoms with Gasteiger partial charge in [-0.1, -0.05) is 12.1 Å². The Kier molecular flexibility index (Phi) is 5.88. The van der Waals surface area contributed by atoms with Crippen LogP contribution in [0.25, 0.3) is 0 Å². The Labute approximate surface area is 170 Å². The van der Waals surface area contributed by atoms with Crippen molar-refractivity contribution in [1.82, 2.24) is 4.90 Å². The predicted octanol–water partition coefficient (Wildman–Crippen LogP) is 3.70. The van der Waals surface area contributed by atoms with Crippen molar-refractivity contribution in [3.05, 3.63) is 53.8 Å². The minimum atomic E-state index is -0.357. The van der Waals surface area contributed by atoms with E-state index in [-0.39, 0.29) is 29.3 Å². The molecule has 154 valence electrons. The molecule has 1 amide bonds. The Morgan fingerprint density at radius 3 is 2.97 bits per heavy atom. The fourth-order valence-corrected chi connectivity index (χ4v) is 4.09. The van der Waals surface area contributed by atoms with E-state index in [1.165, 1.54) is 6.07 Å². The van der Waals surface area contributed by atoms with E-state index in [4.69, 9.17) is 14.2 Å². The molecule has 0 unspecified atom stereocenters. The lowest BCUT2D eigenvalue weighted by molar-refractivity contribution is -0.139. The summed E-state index contributed by atoms with van der Waals surface area (Å²) in [6.45, 7) is 2.18. The van der Waals surface area contributed by atoms with Crippen molar-refractivity contribution in [2.24, 2.45) is 11.8 Å². The monoisotopic (exact) mass is 399 g/mol. The van der Waals surface area contributed by atoms with Gasteiger partial charge in [-0.15, -0.1) is 0 Å². The first-order chi connectivity index (χ1) is 14.1. The molecular weight excluding hydrogens is 373 g/mol. The predicted molar refractivity (Wildman–Crippen MR) is 107 cm³/mol. The van der Waals surface area contributed by atoms with Gasteiger partial charge in [-0.25, -0.2) is 4.39 Å². The summed E-state index contributed by atoms with van der Waals surface area (Å²) in [7, 11) is 1.63. The van der Waals surface area contributed by atoms with Crippen molar-refractivity contribution < 1.29 is 23.4 Å². The number of para-hydroxylation sites is 1. The number of carbonyl (C=O) groups excluding carboxylic acids is 1. The van der Waals surface area contributed by atoms with Crippen LogP contribution in [0.2, 0.25) is 0 Å². The zero-order valence-electron chi connectivity index (χ0n) is 16.6. The van der Waals surface area contributed by atoms with Crippen LogP contribution in [0.15, 0.2) is 42.5 Å². The van der Waals surface area contributed by atoms with E-state index >= 15 is 0 Å². The molecule has 5 nitrogen and oxygen atoms in total. The van der Waals surface area contributed by atoms with Crippen LogP contribution in [0.4, 0.5) is 4.39 Å². The van der Waals surface area contributed by atoms with Crippen molar-refractivity contribution >= 4 is 5.91 Å². The number of rotatable bonds is 5. The Hall–Kier alpha value is -2.76. The van der Waals surface area contributed by atoms with Crippen LogP contribution in [0, 0.1) is 17.7 Å². The fraction of sp³-hybridized carbons (Fsp3) is 0.435. The second-order valence-electron chi connectivity index (χ2n) is 7.72. The summed E-state index contributed by atoms with van der Waals surface area (Å²) >= 11 is 0. The first-order valence-corrected chi connectivity index (χ1v) is 10.1. The van der Waals surface area contributed by atoms with Gasteiger partial charge in [-0.05, 0) is 55.2 Å². The molecule has 2 aliphatic rings. The van der Waals surface area contributed by atoms with Crippen LogP contribution >= 0.6 is 0 Å². The lowest BCUT2D eigenvalue weighted by atomic mass is 9.93. The minimum absolute atomic E-state index is 0.120. The van der Waals surface area contributed by atoms with Gasteiger partial charge < -0.3 is 19.1 Å². The molecule has 6 heteroatoms. The SMILES string of the molecule is COc1ccc2c(c1)C[C@@H](C(=O)N1CCC[C@H](COc3ccccc3F)C1)CO2. The average Bonchev–Trinajstić information content (AvgIpc) is 2.77. The van der Waals surface area contributed by atoms with Gasteiger partial charge in [0.1, 0.15) is 18.1 Å². The molecule has 29 heavy (non-hydrogen) atoms. The van der Waals surface area contributed by atoms with Gasteiger partial charge in [0, 0.05) is 19.0 Å². The van der Waals surface area contributed by atoms with Crippen LogP contribution in [-0.2, 0) is 11.2 Å². The summed E-state index contributed by atoms with van der Waals surface area (Å²) in [4.78, 5) is 15.0. The number of hydrogen-bond donors (Lipinski definition) is 0. The number of hydrogen-bond acceptors (Lipinski definition) is 4. The number of benzene rings is 2. The molecular formula is C23H26FNO4. The normalized spacial score (nSPS) is 21.1. The summed E-state index contributed by atoms with van der Waals surface area (Å²) in [6, 6.07) is 12.1. The van der Waals surface area contributed by atoms with Crippen LogP contribution < -0.4 is 14.2 Å². The topological polar surface area (TPSA) is 48.0 Å². The molecule has 0 aromatic heterocycles. The average molecular weight is 399 g/mol. The molecule has 2 aromatic rings. The Morgan fingerprint density at radius 2 is 2.14 bits per heavy atom. The lowest BCUT2D eigenvalue weighted by Crippen LogP contribution is -2.46. The zero-order valence-corrected chi connectivity index (χ0v) is 16.6. The third kappa shape index (κ3) is 4.47. The van der Waals surface area contributed by atoms with Crippen molar-refractivity contribution in [2.75, 3.05) is 33.4 Å². The number of methoxy groups -OCH3 is 1. The number of amides is 1. The van der Waals surface area contributed by atoms with Gasteiger partial charge in [0.05, 0.1) is 19.6 Å². The molecule has 2 heterocycles. The molecule has 0 radical (unpaired) electrons. The number of piperidine rings is 1. The summed E-state index contributed by atoms with van der Waals surface area (Å²) in [5.41, 5.74) is 1.00. The number of likely N-dealkylation sites (tertiary alicyclic amines) is 1. The maximum atomic E-state index is 13.8. The first kappa shape index (κ1) is 19.6. The maximum Gasteiger partial charge on any atom is 0.229 e. The van der Waals surface area contributed by atoms with Crippen LogP contribution in [0.1, 0.15) is 18.4 Å². The second kappa shape index (κ2) is 8.72. The molecule has 0 bridgehead atoms. The molecule has 2 atom stereocenters. The highest BCUT2D eigenvalue weighted by molar-refractivity contribution is 5.80. The summed E-state index contributed by atoms with van der Waals surface area (Å²) in [6.07, 6.45) is 2.55. The quantitative estimate of drug-likeness (QED) is 0.769. The maximum absolute atomic E-state index is 13.8. The molecule has 2 aliphatic heterocycles. The van der Waals surface area contributed by atoms with Crippen LogP contribution in [0.3, 0.4) is 0 Å². The van der Waals surface area contributed by atoms with E-state index in [0.717, 1.165) is 36.4 Å². The first-order valence-electron chi connectivity index (χ1n) is 10.1. The highest BCUT2D eigenvalue weighted by Crippen LogP contribution is 2.32. The van der Waals surface area contributed by atoms with Gasteiger partial charge in [-0.3, -0.25) is 4.79 Å². The second-order valence-corrected chi connectivity index (χ2v) is 7.72. The van der Waals surface area contributed by atoms with E-state index in [1.807, 2.05) is 23.1 Å². The van der Waals surface area contributed by atoms with Crippen molar-refractivity contribution in [3.8, 4) is 17.2 Å². The van der Waals surface area contributed by atoms with Gasteiger partial charge in [0.2, 0.25) is 5.91 Å². The molecule has 0 N–H and O–H groups in total. The van der Waals surface area contributed by atoms with E-state index in [2.05, 4.69) is 0 Å². The minimum Gasteiger partial charge on any atom is -0.497 e. The smallest absolute Gasteiger partial charge is 0.229 e. The summed E-state index contributed by atoms with van der Waals surface area (Å²) in [5.74, 6) is 1.62. The number of ether oxygens (including phenoxy) is 3. The van der Waals surface area contributed by atoms with Crippen molar-refractivity contribution in [2.45, 2.75) is 19.3 Å². The zero-order chi connectivity index (χ0) is 20.2. The Morgan fingerprint density at radius 1 is 1.28 bits per heavy atom. The fourth-order valence-electron chi connectivity index (χ4n) is 4.09. The van der Waals surface area contributed by atoms with Gasteiger partial charge in [0.15, 0.2) is 11.6 Å². The number of halogens is 1. The van der Waals surface area contributed by atoms with E-state index < -0.39 is 0 Å². The van der Waals surface area contributed by atoms with Gasteiger partial charge in [-0.2, -0.15) is 0 Å². The van der Waals surface area contributed by atoms with Crippen molar-refractivity contribution in [3.63, 3.8) is 0 Å². The standard InChI is InChI=1S/C23H26FNO4/c1-27-19-8-9-21-17(12-19)11-18(15-29-21)23(26)25-10-4-5-16(13-25)14-28-22-7-3-2-6-20(22)24/h2-3,6-9,12,16,18H,4-5,10-11,13-15H2,1H3/t16-,18+/m0/s1. The molecule has 1 fully saturated rings. The molecule has 4 rings (SSSR count). The molecule has 0 saturated carbocycles. The number of fused-ring (bicyclic) bond motifs is 1. The summed E-state index contributed by atoms with van der Waals surface area (Å²) < 4.78 is 30.5. The third-order valence-corrected chi connectivity index (χ3v) is 5.67. The Balaban J connectivity index is 1.35. The van der Waals surface area contributed by atoms with Gasteiger partial charge in [0.25, 0.3) is 0 Å². The van der Waals surface area contributed by atoms with Crippen LogP contribution in [0.5, 0.6) is 17.2 Å². The molecule has 0 spiro atoms. The van der Waals surface area contributed by atoms with E-state index in [0.29, 0.717) is 26.2 Å². The van der Waals surface area contributed by atoms with Gasteiger partial charge >= 0.3 is 0 Å². The number of nitrogens with zero attached hydrogens (tertiary/aromatic N) is 1. The van der Waals surface area contributed by atoms with E-state index in [1.54, 1.807) is 25.3 Å². The molecule has 1 saturated heterocycles. The third-order valence-electron chi connectivity index (χ3n) is 5.67. The Bertz CT molecular complexity index is 872. The largest absolute Gasteiger partial charge is 0.497 e. The molecule has 2 aromatic carbocycles.